The number of nitro benzene ring substituents is 1. The standard InChI is InChI=1S/C17H26N2O5S/c1-4-12(5-2)17-10-13(8-9-24-17)18-15-7-6-14(25(3,22)23)11-16(15)19(20)21/h6-7,11-13,17-18H,4-5,8-10H2,1-3H3. The molecule has 2 rings (SSSR count). The van der Waals surface area contributed by atoms with E-state index in [1.165, 1.54) is 12.1 Å². The van der Waals surface area contributed by atoms with Gasteiger partial charge in [0.1, 0.15) is 5.69 Å². The van der Waals surface area contributed by atoms with Crippen LogP contribution in [-0.2, 0) is 14.6 Å². The fourth-order valence-corrected chi connectivity index (χ4v) is 3.98. The summed E-state index contributed by atoms with van der Waals surface area (Å²) in [6.07, 6.45) is 4.82. The SMILES string of the molecule is CCC(CC)C1CC(Nc2ccc(S(C)(=O)=O)cc2[N+](=O)[O-])CCO1. The first-order chi connectivity index (χ1) is 11.8. The van der Waals surface area contributed by atoms with E-state index in [0.717, 1.165) is 38.0 Å². The Hall–Kier alpha value is -1.67. The summed E-state index contributed by atoms with van der Waals surface area (Å²) in [5.41, 5.74) is 0.140. The molecule has 8 heteroatoms. The number of rotatable bonds is 7. The minimum absolute atomic E-state index is 0.0494. The second-order valence-corrected chi connectivity index (χ2v) is 8.58. The van der Waals surface area contributed by atoms with Gasteiger partial charge >= 0.3 is 0 Å². The Morgan fingerprint density at radius 2 is 2.04 bits per heavy atom. The summed E-state index contributed by atoms with van der Waals surface area (Å²) in [6, 6.07) is 4.08. The van der Waals surface area contributed by atoms with Gasteiger partial charge in [-0.15, -0.1) is 0 Å². The molecular weight excluding hydrogens is 344 g/mol. The van der Waals surface area contributed by atoms with Gasteiger partial charge in [-0.05, 0) is 30.9 Å². The maximum atomic E-state index is 11.6. The number of hydrogen-bond donors (Lipinski definition) is 1. The van der Waals surface area contributed by atoms with Gasteiger partial charge < -0.3 is 10.1 Å². The summed E-state index contributed by atoms with van der Waals surface area (Å²) in [6.45, 7) is 4.90. The lowest BCUT2D eigenvalue weighted by Crippen LogP contribution is -2.38. The highest BCUT2D eigenvalue weighted by molar-refractivity contribution is 7.90. The van der Waals surface area contributed by atoms with Crippen LogP contribution >= 0.6 is 0 Å². The smallest absolute Gasteiger partial charge is 0.293 e. The minimum Gasteiger partial charge on any atom is -0.378 e. The molecule has 25 heavy (non-hydrogen) atoms. The topological polar surface area (TPSA) is 98.5 Å². The van der Waals surface area contributed by atoms with Crippen LogP contribution in [0.15, 0.2) is 23.1 Å². The molecule has 140 valence electrons. The molecule has 0 aliphatic carbocycles. The van der Waals surface area contributed by atoms with E-state index in [1.807, 2.05) is 0 Å². The Kier molecular flexibility index (Phi) is 6.40. The van der Waals surface area contributed by atoms with Crippen molar-refractivity contribution in [1.29, 1.82) is 0 Å². The van der Waals surface area contributed by atoms with Gasteiger partial charge in [0.2, 0.25) is 0 Å². The number of sulfone groups is 1. The van der Waals surface area contributed by atoms with E-state index in [1.54, 1.807) is 0 Å². The van der Waals surface area contributed by atoms with Gasteiger partial charge in [-0.1, -0.05) is 26.7 Å². The van der Waals surface area contributed by atoms with Crippen LogP contribution in [-0.4, -0.2) is 38.3 Å². The van der Waals surface area contributed by atoms with E-state index >= 15 is 0 Å². The van der Waals surface area contributed by atoms with Crippen LogP contribution in [0.3, 0.4) is 0 Å². The maximum absolute atomic E-state index is 11.6. The van der Waals surface area contributed by atoms with E-state index in [2.05, 4.69) is 19.2 Å². The van der Waals surface area contributed by atoms with Crippen molar-refractivity contribution in [2.75, 3.05) is 18.2 Å². The highest BCUT2D eigenvalue weighted by Gasteiger charge is 2.29. The van der Waals surface area contributed by atoms with Crippen molar-refractivity contribution in [2.24, 2.45) is 5.92 Å². The summed E-state index contributed by atoms with van der Waals surface area (Å²) in [4.78, 5) is 10.8. The Labute approximate surface area is 148 Å². The predicted octanol–water partition coefficient (Wildman–Crippen LogP) is 3.39. The lowest BCUT2D eigenvalue weighted by molar-refractivity contribution is -0.384. The first-order valence-corrected chi connectivity index (χ1v) is 10.5. The van der Waals surface area contributed by atoms with Crippen LogP contribution in [0, 0.1) is 16.0 Å². The molecule has 1 aromatic rings. The first kappa shape index (κ1) is 19.7. The Morgan fingerprint density at radius 1 is 1.36 bits per heavy atom. The lowest BCUT2D eigenvalue weighted by Gasteiger charge is -2.34. The van der Waals surface area contributed by atoms with Crippen molar-refractivity contribution in [3.8, 4) is 0 Å². The maximum Gasteiger partial charge on any atom is 0.293 e. The molecule has 0 spiro atoms. The van der Waals surface area contributed by atoms with E-state index in [0.29, 0.717) is 18.2 Å². The third-order valence-electron chi connectivity index (χ3n) is 4.84. The molecule has 0 saturated carbocycles. The Morgan fingerprint density at radius 3 is 2.60 bits per heavy atom. The van der Waals surface area contributed by atoms with Gasteiger partial charge in [0, 0.05) is 25.0 Å². The molecule has 1 N–H and O–H groups in total. The van der Waals surface area contributed by atoms with Crippen molar-refractivity contribution in [3.05, 3.63) is 28.3 Å². The van der Waals surface area contributed by atoms with Gasteiger partial charge in [-0.25, -0.2) is 8.42 Å². The molecule has 2 unspecified atom stereocenters. The lowest BCUT2D eigenvalue weighted by atomic mass is 9.89. The second-order valence-electron chi connectivity index (χ2n) is 6.56. The summed E-state index contributed by atoms with van der Waals surface area (Å²) < 4.78 is 29.1. The molecule has 1 aliphatic rings. The molecule has 1 fully saturated rings. The number of nitrogens with one attached hydrogen (secondary N) is 1. The van der Waals surface area contributed by atoms with Gasteiger partial charge in [0.15, 0.2) is 9.84 Å². The number of nitro groups is 1. The summed E-state index contributed by atoms with van der Waals surface area (Å²) in [7, 11) is -3.49. The highest BCUT2D eigenvalue weighted by atomic mass is 32.2. The molecular formula is C17H26N2O5S. The van der Waals surface area contributed by atoms with Gasteiger partial charge in [-0.2, -0.15) is 0 Å². The van der Waals surface area contributed by atoms with Crippen molar-refractivity contribution >= 4 is 21.2 Å². The van der Waals surface area contributed by atoms with Crippen molar-refractivity contribution < 1.29 is 18.1 Å². The molecule has 0 bridgehead atoms. The third-order valence-corrected chi connectivity index (χ3v) is 5.95. The number of nitrogens with zero attached hydrogens (tertiary/aromatic N) is 1. The summed E-state index contributed by atoms with van der Waals surface area (Å²) in [5.74, 6) is 0.479. The molecule has 1 saturated heterocycles. The zero-order chi connectivity index (χ0) is 18.6. The van der Waals surface area contributed by atoms with E-state index in [-0.39, 0.29) is 22.7 Å². The fraction of sp³-hybridized carbons (Fsp3) is 0.647. The summed E-state index contributed by atoms with van der Waals surface area (Å²) >= 11 is 0. The van der Waals surface area contributed by atoms with Crippen LogP contribution in [0.5, 0.6) is 0 Å². The van der Waals surface area contributed by atoms with Gasteiger partial charge in [0.05, 0.1) is 15.9 Å². The normalized spacial score (nSPS) is 21.3. The zero-order valence-electron chi connectivity index (χ0n) is 14.9. The van der Waals surface area contributed by atoms with E-state index in [4.69, 9.17) is 4.74 Å². The molecule has 0 radical (unpaired) electrons. The van der Waals surface area contributed by atoms with E-state index in [9.17, 15) is 18.5 Å². The second kappa shape index (κ2) is 8.14. The number of anilines is 1. The molecule has 0 amide bonds. The van der Waals surface area contributed by atoms with Crippen LogP contribution in [0.1, 0.15) is 39.5 Å². The molecule has 1 heterocycles. The molecule has 7 nitrogen and oxygen atoms in total. The predicted molar refractivity (Wildman–Crippen MR) is 96.7 cm³/mol. The van der Waals surface area contributed by atoms with Crippen molar-refractivity contribution in [2.45, 2.75) is 56.6 Å². The van der Waals surface area contributed by atoms with Crippen LogP contribution < -0.4 is 5.32 Å². The van der Waals surface area contributed by atoms with Crippen LogP contribution in [0.4, 0.5) is 11.4 Å². The molecule has 1 aromatic carbocycles. The third kappa shape index (κ3) is 4.92. The average molecular weight is 370 g/mol. The number of hydrogen-bond acceptors (Lipinski definition) is 6. The molecule has 0 aromatic heterocycles. The minimum atomic E-state index is -3.49. The Balaban J connectivity index is 2.20. The van der Waals surface area contributed by atoms with Gasteiger partial charge in [-0.3, -0.25) is 10.1 Å². The van der Waals surface area contributed by atoms with E-state index < -0.39 is 14.8 Å². The molecule has 1 aliphatic heterocycles. The molecule has 2 atom stereocenters. The van der Waals surface area contributed by atoms with Gasteiger partial charge in [0.25, 0.3) is 5.69 Å². The average Bonchev–Trinajstić information content (AvgIpc) is 2.55. The van der Waals surface area contributed by atoms with Crippen molar-refractivity contribution in [1.82, 2.24) is 0 Å². The van der Waals surface area contributed by atoms with Crippen LogP contribution in [0.25, 0.3) is 0 Å². The first-order valence-electron chi connectivity index (χ1n) is 8.62. The number of benzene rings is 1. The monoisotopic (exact) mass is 370 g/mol. The quantitative estimate of drug-likeness (QED) is 0.583. The summed E-state index contributed by atoms with van der Waals surface area (Å²) in [5, 5.41) is 14.6. The fourth-order valence-electron chi connectivity index (χ4n) is 3.34. The largest absolute Gasteiger partial charge is 0.378 e. The zero-order valence-corrected chi connectivity index (χ0v) is 15.7. The highest BCUT2D eigenvalue weighted by Crippen LogP contribution is 2.31. The Bertz CT molecular complexity index is 716. The number of ether oxygens (including phenoxy) is 1. The van der Waals surface area contributed by atoms with Crippen molar-refractivity contribution in [3.63, 3.8) is 0 Å². The van der Waals surface area contributed by atoms with Crippen LogP contribution in [0.2, 0.25) is 0 Å².